The van der Waals surface area contributed by atoms with Gasteiger partial charge in [-0.3, -0.25) is 9.59 Å². The van der Waals surface area contributed by atoms with E-state index in [-0.39, 0.29) is 29.7 Å². The van der Waals surface area contributed by atoms with Gasteiger partial charge in [-0.05, 0) is 66.6 Å². The van der Waals surface area contributed by atoms with Gasteiger partial charge in [0.25, 0.3) is 5.91 Å². The first-order valence-corrected chi connectivity index (χ1v) is 16.9. The smallest absolute Gasteiger partial charge is 0.253 e. The summed E-state index contributed by atoms with van der Waals surface area (Å²) in [5, 5.41) is 24.5. The van der Waals surface area contributed by atoms with Gasteiger partial charge in [-0.25, -0.2) is 13.1 Å². The van der Waals surface area contributed by atoms with Crippen LogP contribution in [0.2, 0.25) is 0 Å². The van der Waals surface area contributed by atoms with Crippen LogP contribution in [0, 0.1) is 5.92 Å². The molecule has 0 radical (unpaired) electrons. The van der Waals surface area contributed by atoms with Gasteiger partial charge in [-0.2, -0.15) is 0 Å². The van der Waals surface area contributed by atoms with Gasteiger partial charge < -0.3 is 20.4 Å². The Kier molecular flexibility index (Phi) is 10.5. The van der Waals surface area contributed by atoms with E-state index in [4.69, 9.17) is 0 Å². The van der Waals surface area contributed by atoms with E-state index < -0.39 is 34.2 Å². The Bertz CT molecular complexity index is 1520. The molecule has 4 atom stereocenters. The maximum atomic E-state index is 13.5. The highest BCUT2D eigenvalue weighted by atomic mass is 32.2. The standard InChI is InChI=1S/C34H41N3O6S/c38-28(23-35-44(42,43)29-16-14-25(15-17-29)34(41)37-18-8-1-2-9-19-37)21-27(20-24-10-4-3-5-11-24)33(40)36-32-30-13-7-6-12-26(30)22-31(32)39/h3-7,10-17,27-28,31-32,35,38-39H,1-2,8-9,18-23H2,(H,36,40). The number of nitrogens with zero attached hydrogens (tertiary/aromatic N) is 1. The minimum atomic E-state index is -3.97. The average Bonchev–Trinajstić information content (AvgIpc) is 3.17. The summed E-state index contributed by atoms with van der Waals surface area (Å²) >= 11 is 0. The number of carbonyl (C=O) groups is 2. The van der Waals surface area contributed by atoms with E-state index >= 15 is 0 Å². The second kappa shape index (κ2) is 14.5. The Hall–Kier alpha value is -3.57. The topological polar surface area (TPSA) is 136 Å². The monoisotopic (exact) mass is 619 g/mol. The summed E-state index contributed by atoms with van der Waals surface area (Å²) in [6.45, 7) is 1.12. The maximum Gasteiger partial charge on any atom is 0.253 e. The van der Waals surface area contributed by atoms with E-state index in [1.54, 1.807) is 0 Å². The van der Waals surface area contributed by atoms with Gasteiger partial charge in [0.2, 0.25) is 15.9 Å². The molecule has 4 unspecified atom stereocenters. The summed E-state index contributed by atoms with van der Waals surface area (Å²) in [6.07, 6.45) is 3.05. The minimum absolute atomic E-state index is 0.00965. The van der Waals surface area contributed by atoms with Gasteiger partial charge in [0.1, 0.15) is 0 Å². The minimum Gasteiger partial charge on any atom is -0.392 e. The predicted octanol–water partition coefficient (Wildman–Crippen LogP) is 3.37. The number of rotatable bonds is 11. The highest BCUT2D eigenvalue weighted by Gasteiger charge is 2.34. The van der Waals surface area contributed by atoms with E-state index in [1.807, 2.05) is 59.5 Å². The first kappa shape index (κ1) is 31.8. The number of hydrogen-bond acceptors (Lipinski definition) is 6. The highest BCUT2D eigenvalue weighted by Crippen LogP contribution is 2.32. The molecule has 3 aromatic carbocycles. The van der Waals surface area contributed by atoms with Crippen molar-refractivity contribution in [3.05, 3.63) is 101 Å². The number of sulfonamides is 1. The first-order valence-electron chi connectivity index (χ1n) is 15.4. The van der Waals surface area contributed by atoms with Crippen LogP contribution in [-0.2, 0) is 27.7 Å². The van der Waals surface area contributed by atoms with Crippen molar-refractivity contribution >= 4 is 21.8 Å². The number of benzene rings is 3. The van der Waals surface area contributed by atoms with Crippen LogP contribution in [0.3, 0.4) is 0 Å². The van der Waals surface area contributed by atoms with Crippen LogP contribution in [0.15, 0.2) is 83.8 Å². The second-order valence-corrected chi connectivity index (χ2v) is 13.6. The van der Waals surface area contributed by atoms with Crippen LogP contribution in [0.1, 0.15) is 65.2 Å². The van der Waals surface area contributed by atoms with Crippen molar-refractivity contribution in [1.29, 1.82) is 0 Å². The number of aliphatic hydroxyl groups is 2. The fourth-order valence-corrected chi connectivity index (χ4v) is 7.21. The quantitative estimate of drug-likeness (QED) is 0.260. The van der Waals surface area contributed by atoms with Crippen LogP contribution < -0.4 is 10.0 Å². The number of fused-ring (bicyclic) bond motifs is 1. The first-order chi connectivity index (χ1) is 21.2. The molecule has 2 aliphatic rings. The van der Waals surface area contributed by atoms with E-state index in [0.29, 0.717) is 31.5 Å². The second-order valence-electron chi connectivity index (χ2n) is 11.8. The molecule has 0 saturated carbocycles. The van der Waals surface area contributed by atoms with Crippen LogP contribution in [-0.4, -0.2) is 67.2 Å². The number of aliphatic hydroxyl groups excluding tert-OH is 2. The average molecular weight is 620 g/mol. The summed E-state index contributed by atoms with van der Waals surface area (Å²) in [6, 6.07) is 22.3. The van der Waals surface area contributed by atoms with Crippen molar-refractivity contribution in [3.8, 4) is 0 Å². The van der Waals surface area contributed by atoms with E-state index in [2.05, 4.69) is 10.0 Å². The number of amides is 2. The maximum absolute atomic E-state index is 13.5. The van der Waals surface area contributed by atoms with Crippen molar-refractivity contribution in [1.82, 2.24) is 14.9 Å². The Morgan fingerprint density at radius 1 is 0.886 bits per heavy atom. The number of hydrogen-bond donors (Lipinski definition) is 4. The molecule has 1 aliphatic heterocycles. The Morgan fingerprint density at radius 3 is 2.25 bits per heavy atom. The van der Waals surface area contributed by atoms with Crippen molar-refractivity contribution in [2.75, 3.05) is 19.6 Å². The zero-order valence-electron chi connectivity index (χ0n) is 24.8. The van der Waals surface area contributed by atoms with E-state index in [0.717, 1.165) is 42.4 Å². The molecule has 9 nitrogen and oxygen atoms in total. The Morgan fingerprint density at radius 2 is 1.55 bits per heavy atom. The normalized spacial score (nSPS) is 19.9. The summed E-state index contributed by atoms with van der Waals surface area (Å²) in [7, 11) is -3.97. The Labute approximate surface area is 259 Å². The van der Waals surface area contributed by atoms with Crippen molar-refractivity contribution in [3.63, 3.8) is 0 Å². The third-order valence-corrected chi connectivity index (χ3v) is 10.0. The molecule has 5 rings (SSSR count). The molecular weight excluding hydrogens is 578 g/mol. The number of likely N-dealkylation sites (tertiary alicyclic amines) is 1. The van der Waals surface area contributed by atoms with Crippen LogP contribution >= 0.6 is 0 Å². The molecule has 1 aliphatic carbocycles. The van der Waals surface area contributed by atoms with Crippen LogP contribution in [0.4, 0.5) is 0 Å². The number of carbonyl (C=O) groups excluding carboxylic acids is 2. The molecule has 3 aromatic rings. The number of nitrogens with one attached hydrogen (secondary N) is 2. The molecule has 2 amide bonds. The summed E-state index contributed by atoms with van der Waals surface area (Å²) in [5.74, 6) is -1.09. The zero-order chi connectivity index (χ0) is 31.1. The molecule has 44 heavy (non-hydrogen) atoms. The molecule has 1 heterocycles. The van der Waals surface area contributed by atoms with Crippen LogP contribution in [0.25, 0.3) is 0 Å². The molecule has 234 valence electrons. The lowest BCUT2D eigenvalue weighted by molar-refractivity contribution is -0.127. The molecule has 0 aromatic heterocycles. The molecule has 0 spiro atoms. The van der Waals surface area contributed by atoms with Gasteiger partial charge >= 0.3 is 0 Å². The lowest BCUT2D eigenvalue weighted by atomic mass is 9.92. The third kappa shape index (κ3) is 7.92. The summed E-state index contributed by atoms with van der Waals surface area (Å²) in [5.41, 5.74) is 3.20. The van der Waals surface area contributed by atoms with Crippen molar-refractivity contribution in [2.45, 2.75) is 68.1 Å². The van der Waals surface area contributed by atoms with Crippen molar-refractivity contribution in [2.24, 2.45) is 5.92 Å². The van der Waals surface area contributed by atoms with Gasteiger partial charge in [-0.15, -0.1) is 0 Å². The Balaban J connectivity index is 1.21. The lowest BCUT2D eigenvalue weighted by Gasteiger charge is -2.24. The van der Waals surface area contributed by atoms with Crippen molar-refractivity contribution < 1.29 is 28.2 Å². The fourth-order valence-electron chi connectivity index (χ4n) is 6.13. The van der Waals surface area contributed by atoms with E-state index in [1.165, 1.54) is 24.3 Å². The van der Waals surface area contributed by atoms with E-state index in [9.17, 15) is 28.2 Å². The molecule has 1 fully saturated rings. The third-order valence-electron chi connectivity index (χ3n) is 8.57. The molecular formula is C34H41N3O6S. The molecule has 0 bridgehead atoms. The molecule has 1 saturated heterocycles. The molecule has 10 heteroatoms. The largest absolute Gasteiger partial charge is 0.392 e. The summed E-state index contributed by atoms with van der Waals surface area (Å²) < 4.78 is 28.5. The highest BCUT2D eigenvalue weighted by molar-refractivity contribution is 7.89. The molecule has 4 N–H and O–H groups in total. The SMILES string of the molecule is O=C(NC1c2ccccc2CC1O)C(Cc1ccccc1)CC(O)CNS(=O)(=O)c1ccc(C(=O)N2CCCCCC2)cc1. The van der Waals surface area contributed by atoms with Gasteiger partial charge in [0.15, 0.2) is 0 Å². The summed E-state index contributed by atoms with van der Waals surface area (Å²) in [4.78, 5) is 28.2. The predicted molar refractivity (Wildman–Crippen MR) is 167 cm³/mol. The zero-order valence-corrected chi connectivity index (χ0v) is 25.6. The fraction of sp³-hybridized carbons (Fsp3) is 0.412. The van der Waals surface area contributed by atoms with Gasteiger partial charge in [-0.1, -0.05) is 67.4 Å². The van der Waals surface area contributed by atoms with Crippen LogP contribution in [0.5, 0.6) is 0 Å². The van der Waals surface area contributed by atoms with Gasteiger partial charge in [0, 0.05) is 37.5 Å². The lowest BCUT2D eigenvalue weighted by Crippen LogP contribution is -2.41. The van der Waals surface area contributed by atoms with Gasteiger partial charge in [0.05, 0.1) is 23.1 Å².